The SMILES string of the molecule is CCCCOc1ccc(C[C@@H](NC(=O)OC(C)(C)C)C(=O)Nc2ccc(CCCC(=O)NO)cc2)nc1. The third kappa shape index (κ3) is 11.7. The summed E-state index contributed by atoms with van der Waals surface area (Å²) in [6.45, 7) is 7.94. The van der Waals surface area contributed by atoms with E-state index in [1.807, 2.05) is 12.1 Å². The number of alkyl carbamates (subject to hydrolysis) is 1. The van der Waals surface area contributed by atoms with E-state index in [1.165, 1.54) is 0 Å². The van der Waals surface area contributed by atoms with Crippen LogP contribution in [-0.4, -0.2) is 46.3 Å². The number of pyridine rings is 1. The summed E-state index contributed by atoms with van der Waals surface area (Å²) in [6.07, 6.45) is 4.49. The lowest BCUT2D eigenvalue weighted by Gasteiger charge is -2.23. The van der Waals surface area contributed by atoms with Crippen LogP contribution in [0.5, 0.6) is 5.75 Å². The summed E-state index contributed by atoms with van der Waals surface area (Å²) in [6, 6.07) is 9.84. The number of rotatable bonds is 13. The maximum atomic E-state index is 13.1. The van der Waals surface area contributed by atoms with E-state index >= 15 is 0 Å². The first-order valence-corrected chi connectivity index (χ1v) is 12.5. The van der Waals surface area contributed by atoms with Gasteiger partial charge in [-0.1, -0.05) is 25.5 Å². The molecule has 1 aromatic heterocycles. The molecule has 3 amide bonds. The number of nitrogens with zero attached hydrogens (tertiary/aromatic N) is 1. The Bertz CT molecular complexity index is 1000. The van der Waals surface area contributed by atoms with Crippen LogP contribution in [0.1, 0.15) is 64.6 Å². The normalized spacial score (nSPS) is 11.8. The van der Waals surface area contributed by atoms with Crippen molar-refractivity contribution in [2.45, 2.75) is 77.9 Å². The van der Waals surface area contributed by atoms with Gasteiger partial charge in [0.05, 0.1) is 12.8 Å². The molecule has 0 saturated carbocycles. The second-order valence-corrected chi connectivity index (χ2v) is 9.66. The molecule has 0 unspecified atom stereocenters. The van der Waals surface area contributed by atoms with Crippen LogP contribution in [-0.2, 0) is 27.2 Å². The lowest BCUT2D eigenvalue weighted by atomic mass is 10.1. The Morgan fingerprint density at radius 3 is 2.38 bits per heavy atom. The summed E-state index contributed by atoms with van der Waals surface area (Å²) in [5.74, 6) is -0.195. The molecule has 0 fully saturated rings. The van der Waals surface area contributed by atoms with Crippen LogP contribution in [0.15, 0.2) is 42.6 Å². The van der Waals surface area contributed by atoms with Crippen LogP contribution in [0, 0.1) is 0 Å². The van der Waals surface area contributed by atoms with Gasteiger partial charge in [0.1, 0.15) is 17.4 Å². The number of benzene rings is 1. The van der Waals surface area contributed by atoms with Crippen molar-refractivity contribution in [2.24, 2.45) is 0 Å². The molecule has 2 rings (SSSR count). The third-order valence-electron chi connectivity index (χ3n) is 5.20. The van der Waals surface area contributed by atoms with Crippen LogP contribution in [0.25, 0.3) is 0 Å². The molecule has 4 N–H and O–H groups in total. The van der Waals surface area contributed by atoms with Gasteiger partial charge in [-0.2, -0.15) is 0 Å². The molecule has 0 saturated heterocycles. The van der Waals surface area contributed by atoms with Gasteiger partial charge in [0.15, 0.2) is 0 Å². The number of aromatic nitrogens is 1. The summed E-state index contributed by atoms with van der Waals surface area (Å²) < 4.78 is 11.0. The molecule has 0 spiro atoms. The molecular formula is C27H38N4O6. The van der Waals surface area contributed by atoms with Gasteiger partial charge in [0.25, 0.3) is 0 Å². The summed E-state index contributed by atoms with van der Waals surface area (Å²) in [5, 5.41) is 14.0. The van der Waals surface area contributed by atoms with E-state index in [0.29, 0.717) is 36.6 Å². The highest BCUT2D eigenvalue weighted by molar-refractivity contribution is 5.96. The first-order valence-electron chi connectivity index (χ1n) is 12.5. The Hall–Kier alpha value is -3.66. The van der Waals surface area contributed by atoms with E-state index < -0.39 is 29.6 Å². The van der Waals surface area contributed by atoms with E-state index in [9.17, 15) is 14.4 Å². The van der Waals surface area contributed by atoms with Gasteiger partial charge in [-0.15, -0.1) is 0 Å². The Balaban J connectivity index is 2.05. The van der Waals surface area contributed by atoms with Crippen molar-refractivity contribution in [3.8, 4) is 5.75 Å². The van der Waals surface area contributed by atoms with Crippen molar-refractivity contribution in [1.82, 2.24) is 15.8 Å². The van der Waals surface area contributed by atoms with Crippen LogP contribution in [0.3, 0.4) is 0 Å². The van der Waals surface area contributed by atoms with E-state index in [1.54, 1.807) is 56.7 Å². The lowest BCUT2D eigenvalue weighted by molar-refractivity contribution is -0.129. The van der Waals surface area contributed by atoms with Gasteiger partial charge in [0, 0.05) is 24.2 Å². The minimum atomic E-state index is -0.925. The van der Waals surface area contributed by atoms with E-state index in [0.717, 1.165) is 18.4 Å². The number of hydrogen-bond donors (Lipinski definition) is 4. The maximum absolute atomic E-state index is 13.1. The van der Waals surface area contributed by atoms with E-state index in [-0.39, 0.29) is 12.8 Å². The quantitative estimate of drug-likeness (QED) is 0.179. The summed E-state index contributed by atoms with van der Waals surface area (Å²) in [7, 11) is 0. The Morgan fingerprint density at radius 1 is 1.05 bits per heavy atom. The van der Waals surface area contributed by atoms with E-state index in [2.05, 4.69) is 22.5 Å². The van der Waals surface area contributed by atoms with Crippen LogP contribution in [0.4, 0.5) is 10.5 Å². The highest BCUT2D eigenvalue weighted by Gasteiger charge is 2.25. The van der Waals surface area contributed by atoms with Crippen LogP contribution < -0.4 is 20.9 Å². The predicted molar refractivity (Wildman–Crippen MR) is 139 cm³/mol. The molecule has 1 aromatic carbocycles. The predicted octanol–water partition coefficient (Wildman–Crippen LogP) is 4.16. The third-order valence-corrected chi connectivity index (χ3v) is 5.20. The number of hydroxylamine groups is 1. The first-order chi connectivity index (χ1) is 17.6. The fourth-order valence-corrected chi connectivity index (χ4v) is 3.31. The summed E-state index contributed by atoms with van der Waals surface area (Å²) >= 11 is 0. The molecule has 0 bridgehead atoms. The molecule has 10 heteroatoms. The molecule has 10 nitrogen and oxygen atoms in total. The van der Waals surface area contributed by atoms with Crippen molar-refractivity contribution >= 4 is 23.6 Å². The molecule has 1 atom stereocenters. The molecule has 202 valence electrons. The molecular weight excluding hydrogens is 476 g/mol. The van der Waals surface area contributed by atoms with Gasteiger partial charge in [-0.3, -0.25) is 19.8 Å². The number of carbonyl (C=O) groups is 3. The maximum Gasteiger partial charge on any atom is 0.408 e. The van der Waals surface area contributed by atoms with Crippen LogP contribution >= 0.6 is 0 Å². The van der Waals surface area contributed by atoms with Crippen molar-refractivity contribution in [2.75, 3.05) is 11.9 Å². The van der Waals surface area contributed by atoms with Gasteiger partial charge in [-0.25, -0.2) is 10.3 Å². The minimum Gasteiger partial charge on any atom is -0.492 e. The van der Waals surface area contributed by atoms with Crippen molar-refractivity contribution in [1.29, 1.82) is 0 Å². The zero-order valence-electron chi connectivity index (χ0n) is 22.0. The highest BCUT2D eigenvalue weighted by Crippen LogP contribution is 2.15. The molecule has 0 aliphatic heterocycles. The number of unbranched alkanes of at least 4 members (excludes halogenated alkanes) is 1. The highest BCUT2D eigenvalue weighted by atomic mass is 16.6. The standard InChI is InChI=1S/C27H38N4O6/c1-5-6-16-36-22-15-14-21(28-18-22)17-23(30-26(34)37-27(2,3)4)25(33)29-20-12-10-19(11-13-20)8-7-9-24(32)31-35/h10-15,18,23,35H,5-9,16-17H2,1-4H3,(H,29,33)(H,30,34)(H,31,32)/t23-/m1/s1. The fourth-order valence-electron chi connectivity index (χ4n) is 3.31. The van der Waals surface area contributed by atoms with Crippen molar-refractivity contribution < 1.29 is 29.1 Å². The molecule has 37 heavy (non-hydrogen) atoms. The second-order valence-electron chi connectivity index (χ2n) is 9.66. The number of nitrogens with one attached hydrogen (secondary N) is 3. The zero-order valence-corrected chi connectivity index (χ0v) is 22.0. The number of carbonyl (C=O) groups excluding carboxylic acids is 3. The summed E-state index contributed by atoms with van der Waals surface area (Å²) in [4.78, 5) is 41.1. The molecule has 2 aromatic rings. The average molecular weight is 515 g/mol. The number of amides is 3. The Morgan fingerprint density at radius 2 is 1.78 bits per heavy atom. The Labute approximate surface area is 218 Å². The van der Waals surface area contributed by atoms with Gasteiger partial charge < -0.3 is 20.1 Å². The van der Waals surface area contributed by atoms with E-state index in [4.69, 9.17) is 14.7 Å². The molecule has 0 aliphatic carbocycles. The topological polar surface area (TPSA) is 139 Å². The number of aryl methyl sites for hydroxylation is 1. The van der Waals surface area contributed by atoms with Gasteiger partial charge >= 0.3 is 6.09 Å². The van der Waals surface area contributed by atoms with Gasteiger partial charge in [0.2, 0.25) is 11.8 Å². The first kappa shape index (κ1) is 29.6. The van der Waals surface area contributed by atoms with Gasteiger partial charge in [-0.05, 0) is 69.9 Å². The number of anilines is 1. The average Bonchev–Trinajstić information content (AvgIpc) is 2.84. The second kappa shape index (κ2) is 14.8. The molecule has 0 radical (unpaired) electrons. The largest absolute Gasteiger partial charge is 0.492 e. The zero-order chi connectivity index (χ0) is 27.3. The minimum absolute atomic E-state index is 0.158. The van der Waals surface area contributed by atoms with Crippen LogP contribution in [0.2, 0.25) is 0 Å². The van der Waals surface area contributed by atoms with Crippen molar-refractivity contribution in [3.63, 3.8) is 0 Å². The lowest BCUT2D eigenvalue weighted by Crippen LogP contribution is -2.47. The Kier molecular flexibility index (Phi) is 11.8. The smallest absolute Gasteiger partial charge is 0.408 e. The summed E-state index contributed by atoms with van der Waals surface area (Å²) in [5.41, 5.74) is 3.06. The fraction of sp³-hybridized carbons (Fsp3) is 0.481. The van der Waals surface area contributed by atoms with Crippen molar-refractivity contribution in [3.05, 3.63) is 53.9 Å². The number of hydrogen-bond acceptors (Lipinski definition) is 7. The monoisotopic (exact) mass is 514 g/mol. The molecule has 0 aliphatic rings. The molecule has 1 heterocycles. The number of ether oxygens (including phenoxy) is 2.